The van der Waals surface area contributed by atoms with Gasteiger partial charge in [-0.3, -0.25) is 0 Å². The van der Waals surface area contributed by atoms with E-state index in [1.165, 1.54) is 29.1 Å². The van der Waals surface area contributed by atoms with Gasteiger partial charge in [0.05, 0.1) is 0 Å². The first-order valence-corrected chi connectivity index (χ1v) is 12.4. The van der Waals surface area contributed by atoms with Crippen LogP contribution in [0.5, 0.6) is 11.5 Å². The zero-order valence-electron chi connectivity index (χ0n) is 16.1. The number of allylic oxidation sites excluding steroid dienone is 2. The van der Waals surface area contributed by atoms with Crippen molar-refractivity contribution in [2.24, 2.45) is 0 Å². The van der Waals surface area contributed by atoms with Crippen molar-refractivity contribution in [3.63, 3.8) is 0 Å². The maximum atomic E-state index is 9.87. The number of halogens is 6. The van der Waals surface area contributed by atoms with Gasteiger partial charge in [0.1, 0.15) is 15.8 Å². The molecule has 162 valence electrons. The minimum atomic E-state index is -10.7. The molecule has 1 nitrogen and oxygen atoms in total. The second kappa shape index (κ2) is 8.23. The Balaban J connectivity index is 0.000000370. The van der Waals surface area contributed by atoms with Crippen molar-refractivity contribution in [2.75, 3.05) is 0 Å². The monoisotopic (exact) mass is 456 g/mol. The van der Waals surface area contributed by atoms with Crippen LogP contribution in [0, 0.1) is 0 Å². The Hall–Kier alpha value is -1.66. The second-order valence-corrected chi connectivity index (χ2v) is 10.4. The average Bonchev–Trinajstić information content (AvgIpc) is 2.61. The molecule has 0 unspecified atom stereocenters. The van der Waals surface area contributed by atoms with E-state index in [-0.39, 0.29) is 10.9 Å². The van der Waals surface area contributed by atoms with Crippen LogP contribution in [0.2, 0.25) is 0 Å². The number of hydrogen-bond donors (Lipinski definition) is 0. The molecule has 1 heterocycles. The van der Waals surface area contributed by atoms with Crippen LogP contribution in [0.15, 0.2) is 69.3 Å². The normalized spacial score (nSPS) is 16.3. The van der Waals surface area contributed by atoms with Crippen LogP contribution < -0.4 is 4.74 Å². The van der Waals surface area contributed by atoms with Crippen molar-refractivity contribution in [2.45, 2.75) is 49.3 Å². The summed E-state index contributed by atoms with van der Waals surface area (Å²) in [6.45, 7) is 4.49. The van der Waals surface area contributed by atoms with Crippen LogP contribution in [-0.4, -0.2) is 0 Å². The van der Waals surface area contributed by atoms with Crippen molar-refractivity contribution in [3.8, 4) is 11.5 Å². The molecular formula is C20H23F6OPS. The van der Waals surface area contributed by atoms with Gasteiger partial charge in [-0.25, -0.2) is 0 Å². The zero-order valence-corrected chi connectivity index (χ0v) is 17.8. The summed E-state index contributed by atoms with van der Waals surface area (Å²) in [6.07, 6.45) is 7.18. The second-order valence-electron chi connectivity index (χ2n) is 6.44. The van der Waals surface area contributed by atoms with Gasteiger partial charge in [0.2, 0.25) is 9.79 Å². The Kier molecular flexibility index (Phi) is 6.70. The molecule has 1 aliphatic heterocycles. The van der Waals surface area contributed by atoms with Crippen molar-refractivity contribution in [3.05, 3.63) is 59.5 Å². The molecule has 0 saturated carbocycles. The van der Waals surface area contributed by atoms with Gasteiger partial charge < -0.3 is 4.74 Å². The first-order valence-electron chi connectivity index (χ1n) is 9.15. The molecule has 9 heteroatoms. The fourth-order valence-corrected chi connectivity index (χ4v) is 5.33. The quantitative estimate of drug-likeness (QED) is 0.247. The van der Waals surface area contributed by atoms with Gasteiger partial charge in [-0.2, -0.15) is 0 Å². The number of ether oxygens (including phenoxy) is 1. The Bertz CT molecular complexity index is 823. The molecule has 0 atom stereocenters. The molecule has 3 rings (SSSR count). The predicted molar refractivity (Wildman–Crippen MR) is 108 cm³/mol. The topological polar surface area (TPSA) is 9.23 Å². The first-order chi connectivity index (χ1) is 13.3. The standard InChI is InChI=1S/C20H23OS.F6P/c1-3-5-11-16(10-4-2)22-19-14-8-6-12-17(19)21-18-13-7-9-15-20(18)22;1-7(2,3,4,5)6/h6-10,12-15H,3-5,11H2,1-2H3;/q+1;-1/b16-10-;. The van der Waals surface area contributed by atoms with Crippen molar-refractivity contribution in [1.82, 2.24) is 0 Å². The Morgan fingerprint density at radius 1 is 0.862 bits per heavy atom. The molecule has 0 fully saturated rings. The molecule has 0 spiro atoms. The third kappa shape index (κ3) is 8.31. The maximum absolute atomic E-state index is 10.7. The number of hydrogen-bond acceptors (Lipinski definition) is 1. The van der Waals surface area contributed by atoms with Gasteiger partial charge >= 0.3 is 33.0 Å². The Morgan fingerprint density at radius 2 is 1.31 bits per heavy atom. The molecular weight excluding hydrogens is 433 g/mol. The SMILES string of the molecule is CC/C=C(/CCCC)[S+]1c2ccccc2Oc2ccccc21.F[P-](F)(F)(F)(F)F. The van der Waals surface area contributed by atoms with E-state index in [1.54, 1.807) is 4.91 Å². The third-order valence-electron chi connectivity index (χ3n) is 3.83. The molecule has 2 aromatic rings. The molecule has 0 aliphatic carbocycles. The van der Waals surface area contributed by atoms with Gasteiger partial charge in [-0.05, 0) is 43.2 Å². The summed E-state index contributed by atoms with van der Waals surface area (Å²) in [5, 5.41) is 0. The molecule has 0 amide bonds. The summed E-state index contributed by atoms with van der Waals surface area (Å²) in [4.78, 5) is 4.22. The van der Waals surface area contributed by atoms with E-state index < -0.39 is 7.81 Å². The molecule has 29 heavy (non-hydrogen) atoms. The average molecular weight is 456 g/mol. The van der Waals surface area contributed by atoms with Crippen LogP contribution in [0.1, 0.15) is 39.5 Å². The van der Waals surface area contributed by atoms with Crippen LogP contribution in [0.25, 0.3) is 0 Å². The number of unbranched alkanes of at least 4 members (excludes halogenated alkanes) is 1. The van der Waals surface area contributed by atoms with Gasteiger partial charge in [0, 0.05) is 6.42 Å². The number of benzene rings is 2. The number of fused-ring (bicyclic) bond motifs is 2. The molecule has 0 bridgehead atoms. The van der Waals surface area contributed by atoms with Gasteiger partial charge in [0.15, 0.2) is 11.5 Å². The van der Waals surface area contributed by atoms with Gasteiger partial charge in [0.25, 0.3) is 0 Å². The van der Waals surface area contributed by atoms with E-state index in [9.17, 15) is 25.2 Å². The first kappa shape index (κ1) is 23.6. The van der Waals surface area contributed by atoms with Gasteiger partial charge in [-0.15, -0.1) is 0 Å². The molecule has 0 N–H and O–H groups in total. The molecule has 1 aliphatic rings. The minimum absolute atomic E-state index is 0.00242. The summed E-state index contributed by atoms with van der Waals surface area (Å²) >= 11 is 0. The summed E-state index contributed by atoms with van der Waals surface area (Å²) in [7, 11) is -10.7. The fourth-order valence-electron chi connectivity index (χ4n) is 2.79. The van der Waals surface area contributed by atoms with Crippen molar-refractivity contribution in [1.29, 1.82) is 0 Å². The predicted octanol–water partition coefficient (Wildman–Crippen LogP) is 9.70. The Morgan fingerprint density at radius 3 is 1.72 bits per heavy atom. The molecule has 0 saturated heterocycles. The molecule has 2 aromatic carbocycles. The van der Waals surface area contributed by atoms with Crippen LogP contribution >= 0.6 is 7.81 Å². The molecule has 0 radical (unpaired) electrons. The third-order valence-corrected chi connectivity index (χ3v) is 6.28. The van der Waals surface area contributed by atoms with E-state index in [0.717, 1.165) is 17.9 Å². The zero-order chi connectivity index (χ0) is 21.8. The van der Waals surface area contributed by atoms with E-state index >= 15 is 0 Å². The Labute approximate surface area is 169 Å². The van der Waals surface area contributed by atoms with Crippen LogP contribution in [0.4, 0.5) is 25.2 Å². The van der Waals surface area contributed by atoms with Crippen LogP contribution in [0.3, 0.4) is 0 Å². The van der Waals surface area contributed by atoms with E-state index in [1.807, 2.05) is 0 Å². The van der Waals surface area contributed by atoms with Crippen LogP contribution in [-0.2, 0) is 10.9 Å². The van der Waals surface area contributed by atoms with E-state index in [2.05, 4.69) is 68.5 Å². The van der Waals surface area contributed by atoms with E-state index in [4.69, 9.17) is 4.74 Å². The summed E-state index contributed by atoms with van der Waals surface area (Å²) in [6, 6.07) is 17.0. The summed E-state index contributed by atoms with van der Waals surface area (Å²) in [5.74, 6) is 2.03. The van der Waals surface area contributed by atoms with Gasteiger partial charge in [-0.1, -0.05) is 44.5 Å². The molecule has 0 aromatic heterocycles. The van der Waals surface area contributed by atoms with Crippen molar-refractivity contribution < 1.29 is 29.9 Å². The number of para-hydroxylation sites is 2. The summed E-state index contributed by atoms with van der Waals surface area (Å²) in [5.41, 5.74) is 0. The van der Waals surface area contributed by atoms with Crippen molar-refractivity contribution >= 4 is 18.7 Å². The fraction of sp³-hybridized carbons (Fsp3) is 0.300. The van der Waals surface area contributed by atoms with E-state index in [0.29, 0.717) is 0 Å². The summed E-state index contributed by atoms with van der Waals surface area (Å²) < 4.78 is 65.3. The number of rotatable bonds is 5.